The van der Waals surface area contributed by atoms with Gasteiger partial charge in [0.1, 0.15) is 16.5 Å². The summed E-state index contributed by atoms with van der Waals surface area (Å²) in [6.45, 7) is 2.52. The summed E-state index contributed by atoms with van der Waals surface area (Å²) < 4.78 is 33.7. The van der Waals surface area contributed by atoms with Crippen molar-refractivity contribution in [3.63, 3.8) is 0 Å². The van der Waals surface area contributed by atoms with Crippen LogP contribution in [0.15, 0.2) is 39.9 Å². The largest absolute Gasteiger partial charge is 0.455 e. The van der Waals surface area contributed by atoms with Gasteiger partial charge in [0.05, 0.1) is 6.20 Å². The van der Waals surface area contributed by atoms with E-state index in [0.29, 0.717) is 24.6 Å². The number of carbonyl (C=O) groups excluding carboxylic acids is 1. The van der Waals surface area contributed by atoms with Crippen LogP contribution in [0.1, 0.15) is 29.2 Å². The smallest absolute Gasteiger partial charge is 0.292 e. The monoisotopic (exact) mass is 375 g/mol. The van der Waals surface area contributed by atoms with E-state index in [0.717, 1.165) is 12.8 Å². The highest BCUT2D eigenvalue weighted by Crippen LogP contribution is 2.26. The summed E-state index contributed by atoms with van der Waals surface area (Å²) >= 11 is 0. The van der Waals surface area contributed by atoms with E-state index >= 15 is 0 Å². The van der Waals surface area contributed by atoms with Gasteiger partial charge in [-0.15, -0.1) is 0 Å². The fourth-order valence-electron chi connectivity index (χ4n) is 3.01. The standard InChI is InChI=1S/C16H17N5O4S/c1-11-13(26(23,24)20-8-2-3-9-20)10-12(25-11)16(22)19-15-4-6-17-14-5-7-18-21(14)15/h4-7,10H,2-3,8-9H2,1H3,(H,19,22). The van der Waals surface area contributed by atoms with Crippen LogP contribution < -0.4 is 5.32 Å². The van der Waals surface area contributed by atoms with Gasteiger partial charge in [-0.05, 0) is 25.8 Å². The van der Waals surface area contributed by atoms with Gasteiger partial charge in [-0.25, -0.2) is 13.4 Å². The maximum Gasteiger partial charge on any atom is 0.292 e. The van der Waals surface area contributed by atoms with E-state index in [1.807, 2.05) is 0 Å². The van der Waals surface area contributed by atoms with Gasteiger partial charge in [0, 0.05) is 31.4 Å². The molecule has 1 saturated heterocycles. The molecule has 1 aliphatic heterocycles. The van der Waals surface area contributed by atoms with E-state index < -0.39 is 15.9 Å². The van der Waals surface area contributed by atoms with E-state index in [9.17, 15) is 13.2 Å². The fraction of sp³-hybridized carbons (Fsp3) is 0.312. The normalized spacial score (nSPS) is 15.6. The van der Waals surface area contributed by atoms with Crippen molar-refractivity contribution in [2.75, 3.05) is 18.4 Å². The fourth-order valence-corrected chi connectivity index (χ4v) is 4.69. The third-order valence-corrected chi connectivity index (χ3v) is 6.32. The molecule has 4 rings (SSSR count). The molecule has 0 aliphatic carbocycles. The molecular weight excluding hydrogens is 358 g/mol. The predicted molar refractivity (Wildman–Crippen MR) is 92.4 cm³/mol. The first kappa shape index (κ1) is 16.7. The van der Waals surface area contributed by atoms with Crippen LogP contribution in [-0.2, 0) is 10.0 Å². The van der Waals surface area contributed by atoms with Gasteiger partial charge in [-0.1, -0.05) is 0 Å². The Morgan fingerprint density at radius 3 is 2.77 bits per heavy atom. The van der Waals surface area contributed by atoms with Crippen LogP contribution in [0.4, 0.5) is 5.82 Å². The van der Waals surface area contributed by atoms with Crippen molar-refractivity contribution in [2.45, 2.75) is 24.7 Å². The Labute approximate surface area is 149 Å². The first-order chi connectivity index (χ1) is 12.5. The molecule has 0 saturated carbocycles. The molecule has 9 nitrogen and oxygen atoms in total. The average Bonchev–Trinajstić information content (AvgIpc) is 3.35. The number of fused-ring (bicyclic) bond motifs is 1. The third-order valence-electron chi connectivity index (χ3n) is 4.31. The first-order valence-corrected chi connectivity index (χ1v) is 9.61. The number of amides is 1. The van der Waals surface area contributed by atoms with E-state index in [1.165, 1.54) is 21.8 Å². The molecule has 0 bridgehead atoms. The van der Waals surface area contributed by atoms with Crippen LogP contribution in [0, 0.1) is 6.92 Å². The number of aromatic nitrogens is 3. The number of furan rings is 1. The van der Waals surface area contributed by atoms with Crippen molar-refractivity contribution in [1.82, 2.24) is 18.9 Å². The summed E-state index contributed by atoms with van der Waals surface area (Å²) in [5, 5.41) is 6.75. The van der Waals surface area contributed by atoms with E-state index in [2.05, 4.69) is 15.4 Å². The summed E-state index contributed by atoms with van der Waals surface area (Å²) in [5.41, 5.74) is 0.579. The lowest BCUT2D eigenvalue weighted by molar-refractivity contribution is 0.0994. The van der Waals surface area contributed by atoms with Crippen molar-refractivity contribution >= 4 is 27.4 Å². The molecule has 0 radical (unpaired) electrons. The highest BCUT2D eigenvalue weighted by molar-refractivity contribution is 7.89. The van der Waals surface area contributed by atoms with Gasteiger partial charge in [-0.2, -0.15) is 13.9 Å². The zero-order valence-corrected chi connectivity index (χ0v) is 14.9. The summed E-state index contributed by atoms with van der Waals surface area (Å²) in [4.78, 5) is 16.7. The number of carbonyl (C=O) groups is 1. The van der Waals surface area contributed by atoms with E-state index in [4.69, 9.17) is 4.42 Å². The summed E-state index contributed by atoms with van der Waals surface area (Å²) in [6, 6.07) is 4.57. The zero-order valence-electron chi connectivity index (χ0n) is 14.0. The van der Waals surface area contributed by atoms with E-state index in [1.54, 1.807) is 24.5 Å². The van der Waals surface area contributed by atoms with Crippen molar-refractivity contribution in [1.29, 1.82) is 0 Å². The molecule has 1 fully saturated rings. The van der Waals surface area contributed by atoms with Gasteiger partial charge in [0.15, 0.2) is 11.4 Å². The Bertz CT molecular complexity index is 1080. The number of rotatable bonds is 4. The van der Waals surface area contributed by atoms with Crippen LogP contribution in [0.2, 0.25) is 0 Å². The van der Waals surface area contributed by atoms with Crippen molar-refractivity contribution in [3.8, 4) is 0 Å². The Kier molecular flexibility index (Phi) is 4.00. The lowest BCUT2D eigenvalue weighted by atomic mass is 10.4. The van der Waals surface area contributed by atoms with Gasteiger partial charge in [-0.3, -0.25) is 4.79 Å². The second kappa shape index (κ2) is 6.22. The number of nitrogens with one attached hydrogen (secondary N) is 1. The molecule has 1 N–H and O–H groups in total. The predicted octanol–water partition coefficient (Wildman–Crippen LogP) is 1.67. The molecule has 0 unspecified atom stereocenters. The molecule has 0 aromatic carbocycles. The Morgan fingerprint density at radius 1 is 1.23 bits per heavy atom. The Hall–Kier alpha value is -2.72. The highest BCUT2D eigenvalue weighted by Gasteiger charge is 2.31. The van der Waals surface area contributed by atoms with Crippen molar-refractivity contribution in [2.24, 2.45) is 0 Å². The minimum Gasteiger partial charge on any atom is -0.455 e. The number of sulfonamides is 1. The lowest BCUT2D eigenvalue weighted by Gasteiger charge is -2.14. The van der Waals surface area contributed by atoms with Crippen LogP contribution in [0.5, 0.6) is 0 Å². The Balaban J connectivity index is 1.62. The quantitative estimate of drug-likeness (QED) is 0.743. The molecule has 3 aromatic heterocycles. The molecular formula is C16H17N5O4S. The molecule has 1 amide bonds. The molecule has 4 heterocycles. The average molecular weight is 375 g/mol. The molecule has 3 aromatic rings. The van der Waals surface area contributed by atoms with Gasteiger partial charge >= 0.3 is 0 Å². The second-order valence-corrected chi connectivity index (χ2v) is 7.93. The molecule has 26 heavy (non-hydrogen) atoms. The number of aryl methyl sites for hydroxylation is 1. The topological polar surface area (TPSA) is 110 Å². The van der Waals surface area contributed by atoms with Crippen LogP contribution >= 0.6 is 0 Å². The van der Waals surface area contributed by atoms with Gasteiger partial charge in [0.2, 0.25) is 10.0 Å². The first-order valence-electron chi connectivity index (χ1n) is 8.17. The minimum absolute atomic E-state index is 0.0310. The second-order valence-electron chi connectivity index (χ2n) is 6.03. The van der Waals surface area contributed by atoms with Crippen molar-refractivity contribution < 1.29 is 17.6 Å². The zero-order chi connectivity index (χ0) is 18.3. The number of hydrogen-bond donors (Lipinski definition) is 1. The summed E-state index contributed by atoms with van der Waals surface area (Å²) in [6.07, 6.45) is 4.79. The van der Waals surface area contributed by atoms with Crippen LogP contribution in [0.25, 0.3) is 5.65 Å². The summed E-state index contributed by atoms with van der Waals surface area (Å²) in [7, 11) is -3.65. The highest BCUT2D eigenvalue weighted by atomic mass is 32.2. The van der Waals surface area contributed by atoms with Crippen molar-refractivity contribution in [3.05, 3.63) is 42.1 Å². The number of hydrogen-bond acceptors (Lipinski definition) is 6. The molecule has 136 valence electrons. The lowest BCUT2D eigenvalue weighted by Crippen LogP contribution is -2.28. The van der Waals surface area contributed by atoms with Crippen LogP contribution in [-0.4, -0.2) is 46.3 Å². The molecule has 1 aliphatic rings. The van der Waals surface area contributed by atoms with Crippen LogP contribution in [0.3, 0.4) is 0 Å². The molecule has 10 heteroatoms. The third kappa shape index (κ3) is 2.76. The minimum atomic E-state index is -3.65. The SMILES string of the molecule is Cc1oc(C(=O)Nc2ccnc3ccnn23)cc1S(=O)(=O)N1CCCC1. The van der Waals surface area contributed by atoms with E-state index in [-0.39, 0.29) is 16.4 Å². The maximum atomic E-state index is 12.7. The number of nitrogens with zero attached hydrogens (tertiary/aromatic N) is 4. The van der Waals surface area contributed by atoms with Gasteiger partial charge in [0.25, 0.3) is 5.91 Å². The van der Waals surface area contributed by atoms with Gasteiger partial charge < -0.3 is 9.73 Å². The molecule has 0 spiro atoms. The maximum absolute atomic E-state index is 12.7. The molecule has 0 atom stereocenters. The number of anilines is 1. The summed E-state index contributed by atoms with van der Waals surface area (Å²) in [5.74, 6) is -0.0274. The Morgan fingerprint density at radius 2 is 2.00 bits per heavy atom.